The number of Topliss-reactive ketones (excluding diaryl/α,β-unsaturated/α-hetero) is 1. The number of para-hydroxylation sites is 2. The summed E-state index contributed by atoms with van der Waals surface area (Å²) in [5, 5.41) is 9.65. The van der Waals surface area contributed by atoms with Crippen LogP contribution in [0, 0.1) is 0 Å². The molecule has 0 saturated heterocycles. The van der Waals surface area contributed by atoms with Crippen LogP contribution in [0.3, 0.4) is 0 Å². The van der Waals surface area contributed by atoms with E-state index in [0.29, 0.717) is 5.56 Å². The van der Waals surface area contributed by atoms with E-state index < -0.39 is 6.04 Å². The number of aryl methyl sites for hydroxylation is 1. The second-order valence-corrected chi connectivity index (χ2v) is 6.74. The Morgan fingerprint density at radius 3 is 2.46 bits per heavy atom. The fourth-order valence-electron chi connectivity index (χ4n) is 3.73. The summed E-state index contributed by atoms with van der Waals surface area (Å²) in [6.45, 7) is 0. The molecule has 0 aliphatic carbocycles. The Hall–Kier alpha value is -3.80. The van der Waals surface area contributed by atoms with E-state index in [0.717, 1.165) is 27.5 Å². The Balaban J connectivity index is 1.79. The van der Waals surface area contributed by atoms with Crippen LogP contribution in [0.25, 0.3) is 21.9 Å². The second-order valence-electron chi connectivity index (χ2n) is 6.74. The lowest BCUT2D eigenvalue weighted by Gasteiger charge is -2.17. The van der Waals surface area contributed by atoms with E-state index in [-0.39, 0.29) is 5.78 Å². The average Bonchev–Trinajstić information content (AvgIpc) is 3.31. The first-order chi connectivity index (χ1) is 13.7. The largest absolute Gasteiger partial charge is 0.350 e. The number of ketones is 1. The fourth-order valence-corrected chi connectivity index (χ4v) is 3.73. The molecule has 136 valence electrons. The van der Waals surface area contributed by atoms with E-state index >= 15 is 0 Å². The molecule has 3 aromatic heterocycles. The predicted molar refractivity (Wildman–Crippen MR) is 107 cm³/mol. The number of carbonyl (C=O) groups is 1. The first-order valence-corrected chi connectivity index (χ1v) is 9.02. The number of carbonyl (C=O) groups excluding carboxylic acids is 1. The first-order valence-electron chi connectivity index (χ1n) is 9.02. The molecule has 3 heterocycles. The third kappa shape index (κ3) is 2.50. The summed E-state index contributed by atoms with van der Waals surface area (Å²) in [5.41, 5.74) is 4.13. The van der Waals surface area contributed by atoms with Crippen molar-refractivity contribution in [2.45, 2.75) is 6.04 Å². The number of fused-ring (bicyclic) bond motifs is 2. The van der Waals surface area contributed by atoms with Crippen molar-refractivity contribution in [3.63, 3.8) is 0 Å². The van der Waals surface area contributed by atoms with Gasteiger partial charge in [0.25, 0.3) is 0 Å². The van der Waals surface area contributed by atoms with Gasteiger partial charge in [0.15, 0.2) is 5.78 Å². The Kier molecular flexibility index (Phi) is 3.76. The molecule has 0 aliphatic rings. The standard InChI is InChI=1S/C22H17N5O/c1-26-14-17(16-6-2-4-8-19(16)26)21(22(28)15-10-12-23-13-11-15)27-20-9-5-3-7-18(20)24-25-27/h2-14,21H,1H3. The van der Waals surface area contributed by atoms with Crippen LogP contribution in [0.1, 0.15) is 22.0 Å². The van der Waals surface area contributed by atoms with E-state index in [4.69, 9.17) is 0 Å². The molecule has 5 rings (SSSR count). The minimum Gasteiger partial charge on any atom is -0.350 e. The van der Waals surface area contributed by atoms with Gasteiger partial charge in [-0.1, -0.05) is 35.5 Å². The van der Waals surface area contributed by atoms with Gasteiger partial charge in [-0.15, -0.1) is 5.10 Å². The van der Waals surface area contributed by atoms with Crippen LogP contribution in [0.15, 0.2) is 79.3 Å². The highest BCUT2D eigenvalue weighted by Crippen LogP contribution is 2.32. The van der Waals surface area contributed by atoms with E-state index in [2.05, 4.69) is 15.3 Å². The molecular formula is C22H17N5O. The monoisotopic (exact) mass is 367 g/mol. The molecule has 0 N–H and O–H groups in total. The average molecular weight is 367 g/mol. The number of nitrogens with zero attached hydrogens (tertiary/aromatic N) is 5. The summed E-state index contributed by atoms with van der Waals surface area (Å²) in [5.74, 6) is -0.0468. The second kappa shape index (κ2) is 6.42. The number of aromatic nitrogens is 5. The SMILES string of the molecule is Cn1cc(C(C(=O)c2ccncc2)n2nnc3ccccc32)c2ccccc21. The van der Waals surface area contributed by atoms with Crippen molar-refractivity contribution < 1.29 is 4.79 Å². The normalized spacial score (nSPS) is 12.5. The lowest BCUT2D eigenvalue weighted by Crippen LogP contribution is -2.22. The number of rotatable bonds is 4. The molecule has 1 atom stereocenters. The summed E-state index contributed by atoms with van der Waals surface area (Å²) in [6, 6.07) is 18.6. The highest BCUT2D eigenvalue weighted by atomic mass is 16.1. The number of benzene rings is 2. The van der Waals surface area contributed by atoms with E-state index in [1.54, 1.807) is 29.2 Å². The van der Waals surface area contributed by atoms with Crippen molar-refractivity contribution in [1.29, 1.82) is 0 Å². The van der Waals surface area contributed by atoms with Crippen molar-refractivity contribution >= 4 is 27.7 Å². The maximum Gasteiger partial charge on any atom is 0.192 e. The Bertz CT molecular complexity index is 1300. The molecule has 0 bridgehead atoms. The lowest BCUT2D eigenvalue weighted by molar-refractivity contribution is 0.0941. The summed E-state index contributed by atoms with van der Waals surface area (Å²) in [7, 11) is 1.99. The van der Waals surface area contributed by atoms with Crippen molar-refractivity contribution in [2.24, 2.45) is 7.05 Å². The van der Waals surface area contributed by atoms with Gasteiger partial charge in [0.2, 0.25) is 0 Å². The van der Waals surface area contributed by atoms with Gasteiger partial charge in [0.1, 0.15) is 11.6 Å². The number of pyridine rings is 1. The zero-order valence-electron chi connectivity index (χ0n) is 15.2. The molecule has 6 heteroatoms. The van der Waals surface area contributed by atoms with Crippen molar-refractivity contribution in [3.8, 4) is 0 Å². The van der Waals surface area contributed by atoms with Crippen LogP contribution in [-0.2, 0) is 7.05 Å². The third-order valence-corrected chi connectivity index (χ3v) is 5.06. The molecule has 5 aromatic rings. The molecule has 0 saturated carbocycles. The molecule has 0 aliphatic heterocycles. The maximum atomic E-state index is 13.6. The minimum atomic E-state index is -0.624. The summed E-state index contributed by atoms with van der Waals surface area (Å²) < 4.78 is 3.76. The van der Waals surface area contributed by atoms with Gasteiger partial charge in [-0.3, -0.25) is 9.78 Å². The Labute approximate surface area is 161 Å². The summed E-state index contributed by atoms with van der Waals surface area (Å²) in [4.78, 5) is 17.7. The van der Waals surface area contributed by atoms with Crippen LogP contribution < -0.4 is 0 Å². The van der Waals surface area contributed by atoms with E-state index in [1.807, 2.05) is 66.3 Å². The van der Waals surface area contributed by atoms with E-state index in [9.17, 15) is 4.79 Å². The zero-order valence-corrected chi connectivity index (χ0v) is 15.2. The van der Waals surface area contributed by atoms with E-state index in [1.165, 1.54) is 0 Å². The molecule has 0 amide bonds. The molecule has 0 fully saturated rings. The van der Waals surface area contributed by atoms with Gasteiger partial charge in [-0.2, -0.15) is 0 Å². The Morgan fingerprint density at radius 2 is 1.64 bits per heavy atom. The van der Waals surface area contributed by atoms with Crippen LogP contribution in [0.4, 0.5) is 0 Å². The molecule has 1 unspecified atom stereocenters. The molecular weight excluding hydrogens is 350 g/mol. The van der Waals surface area contributed by atoms with Crippen molar-refractivity contribution in [1.82, 2.24) is 24.5 Å². The van der Waals surface area contributed by atoms with Gasteiger partial charge in [-0.25, -0.2) is 4.68 Å². The minimum absolute atomic E-state index is 0.0468. The molecule has 0 spiro atoms. The number of hydrogen-bond acceptors (Lipinski definition) is 4. The molecule has 28 heavy (non-hydrogen) atoms. The van der Waals surface area contributed by atoms with Crippen LogP contribution >= 0.6 is 0 Å². The van der Waals surface area contributed by atoms with Gasteiger partial charge >= 0.3 is 0 Å². The van der Waals surface area contributed by atoms with Crippen molar-refractivity contribution in [3.05, 3.63) is 90.4 Å². The Morgan fingerprint density at radius 1 is 0.929 bits per heavy atom. The molecule has 6 nitrogen and oxygen atoms in total. The van der Waals surface area contributed by atoms with Gasteiger partial charge < -0.3 is 4.57 Å². The van der Waals surface area contributed by atoms with Gasteiger partial charge in [-0.05, 0) is 30.3 Å². The van der Waals surface area contributed by atoms with Gasteiger partial charge in [0.05, 0.1) is 5.52 Å². The van der Waals surface area contributed by atoms with Crippen LogP contribution in [0.5, 0.6) is 0 Å². The number of hydrogen-bond donors (Lipinski definition) is 0. The zero-order chi connectivity index (χ0) is 19.1. The quantitative estimate of drug-likeness (QED) is 0.453. The third-order valence-electron chi connectivity index (χ3n) is 5.06. The predicted octanol–water partition coefficient (Wildman–Crippen LogP) is 3.79. The molecule has 0 radical (unpaired) electrons. The maximum absolute atomic E-state index is 13.6. The van der Waals surface area contributed by atoms with Gasteiger partial charge in [0, 0.05) is 47.7 Å². The summed E-state index contributed by atoms with van der Waals surface area (Å²) in [6.07, 6.45) is 5.27. The summed E-state index contributed by atoms with van der Waals surface area (Å²) >= 11 is 0. The fraction of sp³-hybridized carbons (Fsp3) is 0.0909. The lowest BCUT2D eigenvalue weighted by atomic mass is 9.97. The first kappa shape index (κ1) is 16.4. The smallest absolute Gasteiger partial charge is 0.192 e. The van der Waals surface area contributed by atoms with Crippen LogP contribution in [0.2, 0.25) is 0 Å². The highest BCUT2D eigenvalue weighted by Gasteiger charge is 2.29. The molecule has 2 aromatic carbocycles. The van der Waals surface area contributed by atoms with Crippen molar-refractivity contribution in [2.75, 3.05) is 0 Å². The highest BCUT2D eigenvalue weighted by molar-refractivity contribution is 6.04. The topological polar surface area (TPSA) is 65.6 Å². The van der Waals surface area contributed by atoms with Crippen LogP contribution in [-0.4, -0.2) is 30.3 Å².